The molecule has 0 aromatic carbocycles. The molecule has 4 heteroatoms. The van der Waals surface area contributed by atoms with E-state index in [2.05, 4.69) is 10.3 Å². The summed E-state index contributed by atoms with van der Waals surface area (Å²) in [5.74, 6) is 0. The summed E-state index contributed by atoms with van der Waals surface area (Å²) in [6, 6.07) is 0.623. The predicted molar refractivity (Wildman–Crippen MR) is 62.1 cm³/mol. The number of nitrogens with one attached hydrogen (secondary N) is 1. The number of ether oxygens (including phenoxy) is 1. The summed E-state index contributed by atoms with van der Waals surface area (Å²) < 4.78 is 5.35. The molecule has 1 N–H and O–H groups in total. The summed E-state index contributed by atoms with van der Waals surface area (Å²) in [7, 11) is 1.81. The van der Waals surface area contributed by atoms with E-state index in [0.29, 0.717) is 12.1 Å². The van der Waals surface area contributed by atoms with Gasteiger partial charge in [-0.15, -0.1) is 11.3 Å². The van der Waals surface area contributed by atoms with Crippen molar-refractivity contribution in [2.75, 3.05) is 7.11 Å². The van der Waals surface area contributed by atoms with Gasteiger partial charge in [0.05, 0.1) is 11.1 Å². The Morgan fingerprint density at radius 1 is 1.60 bits per heavy atom. The number of aromatic nitrogens is 1. The van der Waals surface area contributed by atoms with Gasteiger partial charge in [-0.1, -0.05) is 0 Å². The summed E-state index contributed by atoms with van der Waals surface area (Å²) in [5.41, 5.74) is 0. The number of nitrogens with zero attached hydrogens (tertiary/aromatic N) is 1. The molecule has 2 unspecified atom stereocenters. The van der Waals surface area contributed by atoms with Gasteiger partial charge in [0, 0.05) is 30.8 Å². The van der Waals surface area contributed by atoms with Crippen molar-refractivity contribution in [3.63, 3.8) is 0 Å². The van der Waals surface area contributed by atoms with Crippen molar-refractivity contribution in [1.82, 2.24) is 10.3 Å². The maximum absolute atomic E-state index is 5.35. The highest BCUT2D eigenvalue weighted by Gasteiger charge is 2.23. The summed E-state index contributed by atoms with van der Waals surface area (Å²) in [6.45, 7) is 3.00. The minimum absolute atomic E-state index is 0.464. The van der Waals surface area contributed by atoms with Gasteiger partial charge in [0.2, 0.25) is 0 Å². The Balaban J connectivity index is 1.75. The van der Waals surface area contributed by atoms with Crippen LogP contribution in [0.5, 0.6) is 0 Å². The lowest BCUT2D eigenvalue weighted by atomic mass is 10.2. The molecule has 0 aliphatic heterocycles. The van der Waals surface area contributed by atoms with Crippen LogP contribution in [-0.4, -0.2) is 24.2 Å². The van der Waals surface area contributed by atoms with Crippen LogP contribution in [0.15, 0.2) is 6.20 Å². The molecule has 0 bridgehead atoms. The fourth-order valence-corrected chi connectivity index (χ4v) is 2.82. The lowest BCUT2D eigenvalue weighted by molar-refractivity contribution is 0.107. The lowest BCUT2D eigenvalue weighted by Crippen LogP contribution is -2.26. The number of hydrogen-bond donors (Lipinski definition) is 1. The summed E-state index contributed by atoms with van der Waals surface area (Å²) in [5, 5.41) is 4.71. The zero-order valence-electron chi connectivity index (χ0n) is 9.32. The van der Waals surface area contributed by atoms with Gasteiger partial charge in [0.25, 0.3) is 0 Å². The van der Waals surface area contributed by atoms with Gasteiger partial charge >= 0.3 is 0 Å². The van der Waals surface area contributed by atoms with Crippen LogP contribution in [0.2, 0.25) is 0 Å². The molecule has 3 nitrogen and oxygen atoms in total. The van der Waals surface area contributed by atoms with E-state index in [9.17, 15) is 0 Å². The first-order valence-corrected chi connectivity index (χ1v) is 6.27. The van der Waals surface area contributed by atoms with Crippen molar-refractivity contribution in [3.8, 4) is 0 Å². The van der Waals surface area contributed by atoms with Crippen molar-refractivity contribution in [3.05, 3.63) is 16.1 Å². The van der Waals surface area contributed by atoms with Gasteiger partial charge in [-0.05, 0) is 26.2 Å². The minimum atomic E-state index is 0.464. The Morgan fingerprint density at radius 2 is 2.47 bits per heavy atom. The first-order valence-electron chi connectivity index (χ1n) is 5.45. The second-order valence-corrected chi connectivity index (χ2v) is 5.41. The Kier molecular flexibility index (Phi) is 3.72. The molecule has 1 saturated carbocycles. The van der Waals surface area contributed by atoms with Crippen molar-refractivity contribution in [2.24, 2.45) is 0 Å². The average molecular weight is 226 g/mol. The molecule has 1 aliphatic carbocycles. The third kappa shape index (κ3) is 3.00. The largest absolute Gasteiger partial charge is 0.381 e. The molecule has 1 aromatic rings. The fraction of sp³-hybridized carbons (Fsp3) is 0.727. The quantitative estimate of drug-likeness (QED) is 0.854. The van der Waals surface area contributed by atoms with Crippen molar-refractivity contribution in [1.29, 1.82) is 0 Å². The summed E-state index contributed by atoms with van der Waals surface area (Å²) in [6.07, 6.45) is 6.00. The molecule has 1 aromatic heterocycles. The highest BCUT2D eigenvalue weighted by atomic mass is 32.1. The molecule has 1 heterocycles. The fourth-order valence-electron chi connectivity index (χ4n) is 2.07. The Hall–Kier alpha value is -0.450. The van der Waals surface area contributed by atoms with E-state index < -0.39 is 0 Å². The van der Waals surface area contributed by atoms with Crippen LogP contribution < -0.4 is 5.32 Å². The molecule has 2 atom stereocenters. The molecule has 1 fully saturated rings. The van der Waals surface area contributed by atoms with Crippen LogP contribution in [0.3, 0.4) is 0 Å². The van der Waals surface area contributed by atoms with Crippen LogP contribution in [0.4, 0.5) is 0 Å². The molecule has 15 heavy (non-hydrogen) atoms. The van der Waals surface area contributed by atoms with Crippen LogP contribution in [0, 0.1) is 6.92 Å². The van der Waals surface area contributed by atoms with Crippen LogP contribution in [-0.2, 0) is 11.3 Å². The molecule has 0 saturated heterocycles. The number of rotatable bonds is 4. The van der Waals surface area contributed by atoms with Gasteiger partial charge in [-0.25, -0.2) is 4.98 Å². The van der Waals surface area contributed by atoms with E-state index in [0.717, 1.165) is 18.0 Å². The van der Waals surface area contributed by atoms with Crippen LogP contribution in [0.25, 0.3) is 0 Å². The standard InChI is InChI=1S/C11H18N2OS/c1-8-12-6-11(15-8)7-13-9-3-4-10(5-9)14-2/h6,9-10,13H,3-5,7H2,1-2H3. The minimum Gasteiger partial charge on any atom is -0.381 e. The van der Waals surface area contributed by atoms with E-state index in [1.165, 1.54) is 17.7 Å². The van der Waals surface area contributed by atoms with Crippen LogP contribution in [0.1, 0.15) is 29.1 Å². The molecule has 84 valence electrons. The third-order valence-corrected chi connectivity index (χ3v) is 3.86. The maximum Gasteiger partial charge on any atom is 0.0897 e. The SMILES string of the molecule is COC1CCC(NCc2cnc(C)s2)C1. The number of aryl methyl sites for hydroxylation is 1. The van der Waals surface area contributed by atoms with E-state index >= 15 is 0 Å². The summed E-state index contributed by atoms with van der Waals surface area (Å²) in [4.78, 5) is 5.57. The highest BCUT2D eigenvalue weighted by Crippen LogP contribution is 2.22. The van der Waals surface area contributed by atoms with Crippen molar-refractivity contribution >= 4 is 11.3 Å². The summed E-state index contributed by atoms with van der Waals surface area (Å²) >= 11 is 1.77. The molecule has 0 spiro atoms. The number of methoxy groups -OCH3 is 1. The highest BCUT2D eigenvalue weighted by molar-refractivity contribution is 7.11. The second-order valence-electron chi connectivity index (χ2n) is 4.09. The smallest absolute Gasteiger partial charge is 0.0897 e. The monoisotopic (exact) mass is 226 g/mol. The van der Waals surface area contributed by atoms with Gasteiger partial charge in [-0.3, -0.25) is 0 Å². The molecular formula is C11H18N2OS. The lowest BCUT2D eigenvalue weighted by Gasteiger charge is -2.11. The first-order chi connectivity index (χ1) is 7.28. The Morgan fingerprint density at radius 3 is 3.07 bits per heavy atom. The Labute approximate surface area is 94.9 Å². The van der Waals surface area contributed by atoms with Crippen LogP contribution >= 0.6 is 11.3 Å². The van der Waals surface area contributed by atoms with Crippen molar-refractivity contribution in [2.45, 2.75) is 44.9 Å². The van der Waals surface area contributed by atoms with Gasteiger partial charge in [-0.2, -0.15) is 0 Å². The normalized spacial score (nSPS) is 26.0. The Bertz CT molecular complexity index is 313. The van der Waals surface area contributed by atoms with E-state index in [1.54, 1.807) is 18.4 Å². The van der Waals surface area contributed by atoms with Gasteiger partial charge in [0.15, 0.2) is 0 Å². The van der Waals surface area contributed by atoms with Gasteiger partial charge < -0.3 is 10.1 Å². The van der Waals surface area contributed by atoms with E-state index in [-0.39, 0.29) is 0 Å². The van der Waals surface area contributed by atoms with Crippen molar-refractivity contribution < 1.29 is 4.74 Å². The first kappa shape index (κ1) is 11.0. The predicted octanol–water partition coefficient (Wildman–Crippen LogP) is 2.11. The zero-order valence-corrected chi connectivity index (χ0v) is 10.1. The number of thiazole rings is 1. The topological polar surface area (TPSA) is 34.1 Å². The van der Waals surface area contributed by atoms with Gasteiger partial charge in [0.1, 0.15) is 0 Å². The molecule has 0 amide bonds. The van der Waals surface area contributed by atoms with E-state index in [1.807, 2.05) is 13.1 Å². The zero-order chi connectivity index (χ0) is 10.7. The molecule has 1 aliphatic rings. The maximum atomic E-state index is 5.35. The third-order valence-electron chi connectivity index (χ3n) is 2.95. The molecular weight excluding hydrogens is 208 g/mol. The molecule has 2 rings (SSSR count). The molecule has 0 radical (unpaired) electrons. The second kappa shape index (κ2) is 5.05. The average Bonchev–Trinajstić information content (AvgIpc) is 2.83. The number of hydrogen-bond acceptors (Lipinski definition) is 4. The van der Waals surface area contributed by atoms with E-state index in [4.69, 9.17) is 4.74 Å².